The number of hydrogen-bond acceptors (Lipinski definition) is 3. The highest BCUT2D eigenvalue weighted by Gasteiger charge is 2.28. The number of carbonyl (C=O) groups excluding carboxylic acids is 2. The highest BCUT2D eigenvalue weighted by molar-refractivity contribution is 6.04. The maximum absolute atomic E-state index is 12.4. The number of benzene rings is 1. The lowest BCUT2D eigenvalue weighted by atomic mass is 10.2. The SMILES string of the molecule is Cc1cc(=O)c(C(=O)Nc2ccc(N3C(=O)CCC3C)cc2)cn1C. The fraction of sp³-hybridized carbons (Fsp3) is 0.316. The molecule has 2 heterocycles. The summed E-state index contributed by atoms with van der Waals surface area (Å²) in [6.07, 6.45) is 2.95. The average molecular weight is 339 g/mol. The van der Waals surface area contributed by atoms with Crippen LogP contribution in [0.15, 0.2) is 41.3 Å². The van der Waals surface area contributed by atoms with Crippen molar-refractivity contribution < 1.29 is 9.59 Å². The molecule has 1 N–H and O–H groups in total. The molecule has 2 aromatic rings. The van der Waals surface area contributed by atoms with E-state index in [2.05, 4.69) is 5.32 Å². The van der Waals surface area contributed by atoms with Crippen molar-refractivity contribution in [2.75, 3.05) is 10.2 Å². The molecule has 6 heteroatoms. The Morgan fingerprint density at radius 1 is 1.20 bits per heavy atom. The number of nitrogens with zero attached hydrogens (tertiary/aromatic N) is 2. The summed E-state index contributed by atoms with van der Waals surface area (Å²) in [4.78, 5) is 38.1. The first-order valence-corrected chi connectivity index (χ1v) is 8.27. The second-order valence-corrected chi connectivity index (χ2v) is 6.46. The van der Waals surface area contributed by atoms with Gasteiger partial charge in [-0.1, -0.05) is 0 Å². The molecule has 1 fully saturated rings. The van der Waals surface area contributed by atoms with E-state index in [-0.39, 0.29) is 22.9 Å². The van der Waals surface area contributed by atoms with Crippen molar-refractivity contribution >= 4 is 23.2 Å². The van der Waals surface area contributed by atoms with Crippen molar-refractivity contribution in [3.05, 3.63) is 58.0 Å². The van der Waals surface area contributed by atoms with E-state index in [4.69, 9.17) is 0 Å². The standard InChI is InChI=1S/C19H21N3O3/c1-12-4-9-18(24)22(12)15-7-5-14(6-8-15)20-19(25)16-11-21(3)13(2)10-17(16)23/h5-8,10-12H,4,9H2,1-3H3,(H,20,25). The van der Waals surface area contributed by atoms with E-state index in [1.54, 1.807) is 28.6 Å². The second kappa shape index (κ2) is 6.55. The topological polar surface area (TPSA) is 71.4 Å². The summed E-state index contributed by atoms with van der Waals surface area (Å²) >= 11 is 0. The van der Waals surface area contributed by atoms with Crippen LogP contribution in [0.5, 0.6) is 0 Å². The van der Waals surface area contributed by atoms with Crippen LogP contribution < -0.4 is 15.6 Å². The van der Waals surface area contributed by atoms with Gasteiger partial charge in [-0.25, -0.2) is 0 Å². The van der Waals surface area contributed by atoms with Crippen LogP contribution >= 0.6 is 0 Å². The van der Waals surface area contributed by atoms with E-state index < -0.39 is 5.91 Å². The maximum Gasteiger partial charge on any atom is 0.261 e. The van der Waals surface area contributed by atoms with Crippen LogP contribution in [0, 0.1) is 6.92 Å². The monoisotopic (exact) mass is 339 g/mol. The Hall–Kier alpha value is -2.89. The summed E-state index contributed by atoms with van der Waals surface area (Å²) in [5.41, 5.74) is 1.98. The van der Waals surface area contributed by atoms with Crippen LogP contribution in [-0.2, 0) is 11.8 Å². The number of aromatic nitrogens is 1. The second-order valence-electron chi connectivity index (χ2n) is 6.46. The third kappa shape index (κ3) is 3.33. The fourth-order valence-electron chi connectivity index (χ4n) is 3.03. The molecule has 1 unspecified atom stereocenters. The van der Waals surface area contributed by atoms with Crippen LogP contribution in [-0.4, -0.2) is 22.4 Å². The lowest BCUT2D eigenvalue weighted by molar-refractivity contribution is -0.117. The number of nitrogens with one attached hydrogen (secondary N) is 1. The van der Waals surface area contributed by atoms with Gasteiger partial charge in [-0.2, -0.15) is 0 Å². The zero-order chi connectivity index (χ0) is 18.1. The molecule has 6 nitrogen and oxygen atoms in total. The third-order valence-corrected chi connectivity index (χ3v) is 4.62. The average Bonchev–Trinajstić information content (AvgIpc) is 2.90. The molecule has 0 aliphatic carbocycles. The van der Waals surface area contributed by atoms with E-state index in [1.165, 1.54) is 12.3 Å². The predicted octanol–water partition coefficient (Wildman–Crippen LogP) is 2.46. The largest absolute Gasteiger partial charge is 0.354 e. The van der Waals surface area contributed by atoms with Gasteiger partial charge in [-0.3, -0.25) is 14.4 Å². The number of carbonyl (C=O) groups is 2. The molecule has 0 radical (unpaired) electrons. The zero-order valence-corrected chi connectivity index (χ0v) is 14.6. The molecule has 1 aromatic carbocycles. The van der Waals surface area contributed by atoms with E-state index in [9.17, 15) is 14.4 Å². The number of amides is 2. The molecule has 1 aromatic heterocycles. The summed E-state index contributed by atoms with van der Waals surface area (Å²) < 4.78 is 1.74. The third-order valence-electron chi connectivity index (χ3n) is 4.62. The van der Waals surface area contributed by atoms with Gasteiger partial charge < -0.3 is 14.8 Å². The van der Waals surface area contributed by atoms with Crippen LogP contribution in [0.1, 0.15) is 35.8 Å². The maximum atomic E-state index is 12.4. The minimum Gasteiger partial charge on any atom is -0.354 e. The van der Waals surface area contributed by atoms with Crippen molar-refractivity contribution in [3.8, 4) is 0 Å². The van der Waals surface area contributed by atoms with E-state index in [0.29, 0.717) is 12.1 Å². The van der Waals surface area contributed by atoms with Crippen LogP contribution in [0.4, 0.5) is 11.4 Å². The Labute approximate surface area is 146 Å². The van der Waals surface area contributed by atoms with Crippen molar-refractivity contribution in [1.29, 1.82) is 0 Å². The van der Waals surface area contributed by atoms with Gasteiger partial charge in [-0.05, 0) is 44.5 Å². The Kier molecular flexibility index (Phi) is 4.44. The molecule has 0 saturated carbocycles. The van der Waals surface area contributed by atoms with Crippen molar-refractivity contribution in [3.63, 3.8) is 0 Å². The lowest BCUT2D eigenvalue weighted by Crippen LogP contribution is -2.30. The van der Waals surface area contributed by atoms with Crippen LogP contribution in [0.3, 0.4) is 0 Å². The number of pyridine rings is 1. The summed E-state index contributed by atoms with van der Waals surface area (Å²) in [6.45, 7) is 3.83. The first-order chi connectivity index (χ1) is 11.9. The normalized spacial score (nSPS) is 17.0. The smallest absolute Gasteiger partial charge is 0.261 e. The first-order valence-electron chi connectivity index (χ1n) is 8.27. The van der Waals surface area contributed by atoms with Gasteiger partial charge in [0, 0.05) is 48.8 Å². The Morgan fingerprint density at radius 2 is 1.88 bits per heavy atom. The van der Waals surface area contributed by atoms with Crippen LogP contribution in [0.25, 0.3) is 0 Å². The minimum absolute atomic E-state index is 0.0977. The molecule has 0 bridgehead atoms. The number of aryl methyl sites for hydroxylation is 2. The molecule has 1 saturated heterocycles. The first kappa shape index (κ1) is 17.0. The Morgan fingerprint density at radius 3 is 2.48 bits per heavy atom. The van der Waals surface area contributed by atoms with E-state index in [0.717, 1.165) is 17.8 Å². The molecule has 2 amide bonds. The molecule has 0 spiro atoms. The summed E-state index contributed by atoms with van der Waals surface area (Å²) in [5.74, 6) is -0.327. The number of rotatable bonds is 3. The molecule has 1 aliphatic heterocycles. The molecule has 3 rings (SSSR count). The van der Waals surface area contributed by atoms with Gasteiger partial charge in [0.2, 0.25) is 5.91 Å². The highest BCUT2D eigenvalue weighted by Crippen LogP contribution is 2.27. The summed E-state index contributed by atoms with van der Waals surface area (Å²) in [5, 5.41) is 2.73. The summed E-state index contributed by atoms with van der Waals surface area (Å²) in [7, 11) is 1.79. The van der Waals surface area contributed by atoms with Crippen LogP contribution in [0.2, 0.25) is 0 Å². The van der Waals surface area contributed by atoms with Crippen molar-refractivity contribution in [2.45, 2.75) is 32.7 Å². The molecule has 130 valence electrons. The fourth-order valence-corrected chi connectivity index (χ4v) is 3.03. The van der Waals surface area contributed by atoms with Gasteiger partial charge in [0.15, 0.2) is 5.43 Å². The highest BCUT2D eigenvalue weighted by atomic mass is 16.2. The van der Waals surface area contributed by atoms with Gasteiger partial charge >= 0.3 is 0 Å². The van der Waals surface area contributed by atoms with E-state index >= 15 is 0 Å². The zero-order valence-electron chi connectivity index (χ0n) is 14.6. The minimum atomic E-state index is -0.445. The van der Waals surface area contributed by atoms with Crippen molar-refractivity contribution in [2.24, 2.45) is 7.05 Å². The van der Waals surface area contributed by atoms with Crippen molar-refractivity contribution in [1.82, 2.24) is 4.57 Å². The summed E-state index contributed by atoms with van der Waals surface area (Å²) in [6, 6.07) is 8.72. The lowest BCUT2D eigenvalue weighted by Gasteiger charge is -2.22. The van der Waals surface area contributed by atoms with E-state index in [1.807, 2.05) is 26.0 Å². The van der Waals surface area contributed by atoms with Gasteiger partial charge in [-0.15, -0.1) is 0 Å². The molecular formula is C19H21N3O3. The quantitative estimate of drug-likeness (QED) is 0.934. The molecule has 25 heavy (non-hydrogen) atoms. The molecule has 1 atom stereocenters. The Bertz CT molecular complexity index is 884. The number of anilines is 2. The predicted molar refractivity (Wildman–Crippen MR) is 97.0 cm³/mol. The number of hydrogen-bond donors (Lipinski definition) is 1. The molecular weight excluding hydrogens is 318 g/mol. The molecule has 1 aliphatic rings. The Balaban J connectivity index is 1.78. The van der Waals surface area contributed by atoms with Gasteiger partial charge in [0.05, 0.1) is 0 Å². The van der Waals surface area contributed by atoms with Gasteiger partial charge in [0.25, 0.3) is 5.91 Å². The van der Waals surface area contributed by atoms with Gasteiger partial charge in [0.1, 0.15) is 5.56 Å².